The van der Waals surface area contributed by atoms with Gasteiger partial charge in [-0.3, -0.25) is 0 Å². The molecule has 0 bridgehead atoms. The van der Waals surface area contributed by atoms with E-state index < -0.39 is 0 Å². The number of methoxy groups -OCH3 is 1. The zero-order valence-corrected chi connectivity index (χ0v) is 22.4. The predicted molar refractivity (Wildman–Crippen MR) is 140 cm³/mol. The van der Waals surface area contributed by atoms with Gasteiger partial charge in [0.05, 0.1) is 19.8 Å². The van der Waals surface area contributed by atoms with Gasteiger partial charge in [0, 0.05) is 26.7 Å². The van der Waals surface area contributed by atoms with Crippen LogP contribution in [-0.2, 0) is 24.8 Å². The summed E-state index contributed by atoms with van der Waals surface area (Å²) < 4.78 is 18.7. The number of aliphatic imine (C=N–C) groups is 1. The smallest absolute Gasteiger partial charge is 0.191 e. The molecule has 1 aliphatic heterocycles. The Labute approximate surface area is 213 Å². The molecular formula is C23H37IN6O3. The van der Waals surface area contributed by atoms with Gasteiger partial charge < -0.3 is 29.4 Å². The van der Waals surface area contributed by atoms with Crippen LogP contribution in [0.15, 0.2) is 23.2 Å². The number of hydrogen-bond acceptors (Lipinski definition) is 6. The molecule has 2 heterocycles. The average molecular weight is 572 g/mol. The number of aromatic nitrogens is 3. The van der Waals surface area contributed by atoms with Crippen molar-refractivity contribution in [1.82, 2.24) is 25.4 Å². The van der Waals surface area contributed by atoms with Crippen molar-refractivity contribution in [3.63, 3.8) is 0 Å². The van der Waals surface area contributed by atoms with Crippen LogP contribution in [0.2, 0.25) is 0 Å². The minimum absolute atomic E-state index is 0. The van der Waals surface area contributed by atoms with E-state index in [1.54, 1.807) is 7.11 Å². The van der Waals surface area contributed by atoms with Crippen LogP contribution >= 0.6 is 24.0 Å². The average Bonchev–Trinajstić information content (AvgIpc) is 3.43. The fourth-order valence-electron chi connectivity index (χ4n) is 3.57. The third-order valence-corrected chi connectivity index (χ3v) is 5.55. The van der Waals surface area contributed by atoms with Gasteiger partial charge >= 0.3 is 0 Å². The van der Waals surface area contributed by atoms with Crippen molar-refractivity contribution in [2.24, 2.45) is 12.0 Å². The van der Waals surface area contributed by atoms with Gasteiger partial charge in [-0.2, -0.15) is 0 Å². The maximum Gasteiger partial charge on any atom is 0.191 e. The third-order valence-electron chi connectivity index (χ3n) is 5.55. The van der Waals surface area contributed by atoms with Crippen molar-refractivity contribution in [3.8, 4) is 11.5 Å². The van der Waals surface area contributed by atoms with E-state index in [0.29, 0.717) is 13.2 Å². The van der Waals surface area contributed by atoms with Crippen molar-refractivity contribution in [1.29, 1.82) is 0 Å². The fraction of sp³-hybridized carbons (Fsp3) is 0.609. The molecule has 1 aromatic heterocycles. The number of hydrogen-bond donors (Lipinski definition) is 2. The predicted octanol–water partition coefficient (Wildman–Crippen LogP) is 3.00. The summed E-state index contributed by atoms with van der Waals surface area (Å²) in [6.07, 6.45) is 4.34. The second-order valence-corrected chi connectivity index (χ2v) is 7.85. The topological polar surface area (TPSA) is 94.8 Å². The van der Waals surface area contributed by atoms with E-state index >= 15 is 0 Å². The van der Waals surface area contributed by atoms with E-state index in [-0.39, 0.29) is 30.1 Å². The summed E-state index contributed by atoms with van der Waals surface area (Å²) in [6, 6.07) is 6.11. The van der Waals surface area contributed by atoms with Crippen molar-refractivity contribution >= 4 is 29.9 Å². The summed E-state index contributed by atoms with van der Waals surface area (Å²) in [4.78, 5) is 4.71. The summed E-state index contributed by atoms with van der Waals surface area (Å²) in [6.45, 7) is 7.38. The SMILES string of the molecule is CCOc1cc(CCCNC(=NCc2nnc(C)n2C)NCC2CCCO2)ccc1OC.I. The van der Waals surface area contributed by atoms with Gasteiger partial charge in [-0.1, -0.05) is 6.07 Å². The molecule has 1 unspecified atom stereocenters. The van der Waals surface area contributed by atoms with E-state index in [2.05, 4.69) is 33.0 Å². The number of guanidine groups is 1. The second-order valence-electron chi connectivity index (χ2n) is 7.85. The van der Waals surface area contributed by atoms with E-state index in [9.17, 15) is 0 Å². The zero-order valence-electron chi connectivity index (χ0n) is 20.1. The Kier molecular flexibility index (Phi) is 11.7. The van der Waals surface area contributed by atoms with Crippen LogP contribution < -0.4 is 20.1 Å². The Balaban J connectivity index is 0.00000385. The molecule has 2 N–H and O–H groups in total. The van der Waals surface area contributed by atoms with Crippen LogP contribution in [0.1, 0.15) is 43.4 Å². The number of nitrogens with zero attached hydrogens (tertiary/aromatic N) is 4. The van der Waals surface area contributed by atoms with Gasteiger partial charge in [-0.25, -0.2) is 4.99 Å². The Morgan fingerprint density at radius 3 is 2.79 bits per heavy atom. The van der Waals surface area contributed by atoms with Gasteiger partial charge in [0.25, 0.3) is 0 Å². The van der Waals surface area contributed by atoms with E-state index in [0.717, 1.165) is 74.5 Å². The normalized spacial score (nSPS) is 15.8. The number of aryl methyl sites for hydroxylation is 2. The summed E-state index contributed by atoms with van der Waals surface area (Å²) in [5.41, 5.74) is 1.22. The molecule has 1 aliphatic rings. The number of ether oxygens (including phenoxy) is 3. The summed E-state index contributed by atoms with van der Waals surface area (Å²) in [5, 5.41) is 15.2. The van der Waals surface area contributed by atoms with Crippen LogP contribution in [0, 0.1) is 6.92 Å². The molecule has 1 atom stereocenters. The third kappa shape index (κ3) is 8.33. The first-order valence-electron chi connectivity index (χ1n) is 11.4. The van der Waals surface area contributed by atoms with Crippen LogP contribution in [-0.4, -0.2) is 60.2 Å². The molecule has 2 aromatic rings. The van der Waals surface area contributed by atoms with Gasteiger partial charge in [-0.15, -0.1) is 34.2 Å². The molecule has 0 amide bonds. The lowest BCUT2D eigenvalue weighted by Gasteiger charge is -2.16. The number of halogens is 1. The maximum absolute atomic E-state index is 5.73. The molecule has 1 saturated heterocycles. The molecule has 33 heavy (non-hydrogen) atoms. The highest BCUT2D eigenvalue weighted by Gasteiger charge is 2.16. The first kappa shape index (κ1) is 27.2. The molecule has 1 fully saturated rings. The molecule has 3 rings (SSSR count). The molecule has 184 valence electrons. The Morgan fingerprint density at radius 1 is 1.27 bits per heavy atom. The fourth-order valence-corrected chi connectivity index (χ4v) is 3.57. The molecule has 9 nitrogen and oxygen atoms in total. The molecule has 1 aromatic carbocycles. The maximum atomic E-state index is 5.73. The monoisotopic (exact) mass is 572 g/mol. The van der Waals surface area contributed by atoms with E-state index in [1.807, 2.05) is 31.5 Å². The minimum Gasteiger partial charge on any atom is -0.493 e. The van der Waals surface area contributed by atoms with Crippen LogP contribution in [0.25, 0.3) is 0 Å². The lowest BCUT2D eigenvalue weighted by Crippen LogP contribution is -2.41. The van der Waals surface area contributed by atoms with Crippen LogP contribution in [0.5, 0.6) is 11.5 Å². The van der Waals surface area contributed by atoms with Crippen LogP contribution in [0.3, 0.4) is 0 Å². The van der Waals surface area contributed by atoms with Crippen molar-refractivity contribution in [3.05, 3.63) is 35.4 Å². The first-order valence-corrected chi connectivity index (χ1v) is 11.4. The summed E-state index contributed by atoms with van der Waals surface area (Å²) in [7, 11) is 3.62. The Hall–Kier alpha value is -2.08. The Bertz CT molecular complexity index is 883. The molecule has 0 saturated carbocycles. The lowest BCUT2D eigenvalue weighted by molar-refractivity contribution is 0.114. The highest BCUT2D eigenvalue weighted by Crippen LogP contribution is 2.28. The Morgan fingerprint density at radius 2 is 2.12 bits per heavy atom. The molecule has 0 aliphatic carbocycles. The molecular weight excluding hydrogens is 535 g/mol. The number of benzene rings is 1. The van der Waals surface area contributed by atoms with Crippen LogP contribution in [0.4, 0.5) is 0 Å². The first-order chi connectivity index (χ1) is 15.6. The molecule has 0 radical (unpaired) electrons. The van der Waals surface area contributed by atoms with E-state index in [1.165, 1.54) is 5.56 Å². The highest BCUT2D eigenvalue weighted by molar-refractivity contribution is 14.0. The van der Waals surface area contributed by atoms with Crippen molar-refractivity contribution in [2.45, 2.75) is 52.2 Å². The lowest BCUT2D eigenvalue weighted by atomic mass is 10.1. The quantitative estimate of drug-likeness (QED) is 0.185. The largest absolute Gasteiger partial charge is 0.493 e. The standard InChI is InChI=1S/C23H36N6O3.HI/c1-5-31-21-14-18(10-11-20(21)30-4)8-6-12-24-23(25-15-19-9-7-13-32-19)26-16-22-28-27-17(2)29(22)3;/h10-11,14,19H,5-9,12-13,15-16H2,1-4H3,(H2,24,25,26);1H. The summed E-state index contributed by atoms with van der Waals surface area (Å²) in [5.74, 6) is 4.04. The van der Waals surface area contributed by atoms with Crippen molar-refractivity contribution in [2.75, 3.05) is 33.4 Å². The van der Waals surface area contributed by atoms with E-state index in [4.69, 9.17) is 19.2 Å². The van der Waals surface area contributed by atoms with Crippen molar-refractivity contribution < 1.29 is 14.2 Å². The van der Waals surface area contributed by atoms with Gasteiger partial charge in [0.15, 0.2) is 23.3 Å². The number of nitrogens with one attached hydrogen (secondary N) is 2. The van der Waals surface area contributed by atoms with Gasteiger partial charge in [0.2, 0.25) is 0 Å². The second kappa shape index (κ2) is 14.2. The highest BCUT2D eigenvalue weighted by atomic mass is 127. The van der Waals surface area contributed by atoms with Gasteiger partial charge in [0.1, 0.15) is 12.4 Å². The summed E-state index contributed by atoms with van der Waals surface area (Å²) >= 11 is 0. The zero-order chi connectivity index (χ0) is 22.8. The minimum atomic E-state index is 0. The molecule has 10 heteroatoms. The number of rotatable bonds is 11. The molecule has 0 spiro atoms. The van der Waals surface area contributed by atoms with Gasteiger partial charge in [-0.05, 0) is 57.2 Å².